The van der Waals surface area contributed by atoms with Gasteiger partial charge in [0.25, 0.3) is 0 Å². The van der Waals surface area contributed by atoms with Crippen molar-refractivity contribution in [3.63, 3.8) is 0 Å². The molecule has 116 valence electrons. The number of anilines is 1. The van der Waals surface area contributed by atoms with Crippen LogP contribution >= 0.6 is 27.5 Å². The summed E-state index contributed by atoms with van der Waals surface area (Å²) in [7, 11) is 0. The zero-order valence-corrected chi connectivity index (χ0v) is 14.3. The number of rotatable bonds is 5. The first-order chi connectivity index (χ1) is 10.1. The summed E-state index contributed by atoms with van der Waals surface area (Å²) in [5.41, 5.74) is 8.28. The fourth-order valence-electron chi connectivity index (χ4n) is 2.50. The molecular formula is C15H20BrClN2O2. The number of halogens is 2. The predicted octanol–water partition coefficient (Wildman–Crippen LogP) is 3.41. The van der Waals surface area contributed by atoms with E-state index >= 15 is 0 Å². The molecule has 0 radical (unpaired) electrons. The first-order valence-corrected chi connectivity index (χ1v) is 8.48. The third-order valence-electron chi connectivity index (χ3n) is 3.60. The maximum atomic E-state index is 12.0. The number of likely N-dealkylation sites (tertiary alicyclic amines) is 1. The maximum absolute atomic E-state index is 12.0. The lowest BCUT2D eigenvalue weighted by molar-refractivity contribution is 0.0529. The summed E-state index contributed by atoms with van der Waals surface area (Å²) in [5.74, 6) is -0.0704. The van der Waals surface area contributed by atoms with E-state index in [4.69, 9.17) is 22.1 Å². The van der Waals surface area contributed by atoms with E-state index in [2.05, 4.69) is 20.8 Å². The smallest absolute Gasteiger partial charge is 0.338 e. The summed E-state index contributed by atoms with van der Waals surface area (Å²) in [5, 5.41) is 0. The molecule has 0 atom stereocenters. The first kappa shape index (κ1) is 16.6. The normalized spacial score (nSPS) is 15.9. The third kappa shape index (κ3) is 4.59. The van der Waals surface area contributed by atoms with E-state index in [0.29, 0.717) is 17.1 Å². The van der Waals surface area contributed by atoms with Gasteiger partial charge in [-0.05, 0) is 59.6 Å². The highest BCUT2D eigenvalue weighted by Gasteiger charge is 2.16. The standard InChI is InChI=1S/C15H20BrClN2O2/c16-13-9-11(15(20)21-7-4-17)8-12(14(13)18)10-19-5-2-1-3-6-19/h8-9H,1-7,10,18H2. The van der Waals surface area contributed by atoms with Crippen molar-refractivity contribution in [2.45, 2.75) is 25.8 Å². The average Bonchev–Trinajstić information content (AvgIpc) is 2.50. The Morgan fingerprint density at radius 2 is 2.05 bits per heavy atom. The Balaban J connectivity index is 2.15. The van der Waals surface area contributed by atoms with Gasteiger partial charge in [0.1, 0.15) is 6.61 Å². The lowest BCUT2D eigenvalue weighted by atomic mass is 10.1. The van der Waals surface area contributed by atoms with Gasteiger partial charge in [0.05, 0.1) is 17.1 Å². The number of nitrogens with zero attached hydrogens (tertiary/aromatic N) is 1. The van der Waals surface area contributed by atoms with Crippen LogP contribution in [0, 0.1) is 0 Å². The number of hydrogen-bond acceptors (Lipinski definition) is 4. The first-order valence-electron chi connectivity index (χ1n) is 7.15. The van der Waals surface area contributed by atoms with Gasteiger partial charge >= 0.3 is 5.97 Å². The number of alkyl halides is 1. The second-order valence-electron chi connectivity index (χ2n) is 5.19. The molecule has 1 fully saturated rings. The highest BCUT2D eigenvalue weighted by molar-refractivity contribution is 9.10. The molecular weight excluding hydrogens is 356 g/mol. The Kier molecular flexibility index (Phi) is 6.33. The summed E-state index contributed by atoms with van der Waals surface area (Å²) >= 11 is 8.96. The van der Waals surface area contributed by atoms with Crippen LogP contribution in [0.15, 0.2) is 16.6 Å². The highest BCUT2D eigenvalue weighted by Crippen LogP contribution is 2.28. The molecule has 1 aromatic carbocycles. The van der Waals surface area contributed by atoms with Crippen molar-refractivity contribution in [1.29, 1.82) is 0 Å². The highest BCUT2D eigenvalue weighted by atomic mass is 79.9. The number of piperidine rings is 1. The van der Waals surface area contributed by atoms with Crippen LogP contribution in [0.3, 0.4) is 0 Å². The number of esters is 1. The number of hydrogen-bond donors (Lipinski definition) is 1. The molecule has 4 nitrogen and oxygen atoms in total. The van der Waals surface area contributed by atoms with E-state index in [0.717, 1.165) is 29.7 Å². The lowest BCUT2D eigenvalue weighted by Gasteiger charge is -2.27. The lowest BCUT2D eigenvalue weighted by Crippen LogP contribution is -2.29. The SMILES string of the molecule is Nc1c(Br)cc(C(=O)OCCCl)cc1CN1CCCCC1. The molecule has 0 aliphatic carbocycles. The molecule has 0 bridgehead atoms. The van der Waals surface area contributed by atoms with Crippen molar-refractivity contribution >= 4 is 39.2 Å². The molecule has 2 rings (SSSR count). The second-order valence-corrected chi connectivity index (χ2v) is 6.42. The van der Waals surface area contributed by atoms with E-state index in [1.54, 1.807) is 6.07 Å². The van der Waals surface area contributed by atoms with Gasteiger partial charge in [-0.25, -0.2) is 4.79 Å². The fourth-order valence-corrected chi connectivity index (χ4v) is 3.07. The Morgan fingerprint density at radius 3 is 2.71 bits per heavy atom. The third-order valence-corrected chi connectivity index (χ3v) is 4.41. The maximum Gasteiger partial charge on any atom is 0.338 e. The minimum atomic E-state index is -0.365. The van der Waals surface area contributed by atoms with E-state index in [9.17, 15) is 4.79 Å². The zero-order valence-electron chi connectivity index (χ0n) is 11.9. The molecule has 1 aliphatic rings. The van der Waals surface area contributed by atoms with Crippen molar-refractivity contribution in [3.05, 3.63) is 27.7 Å². The minimum absolute atomic E-state index is 0.212. The number of nitrogens with two attached hydrogens (primary N) is 1. The number of nitrogen functional groups attached to an aromatic ring is 1. The number of ether oxygens (including phenoxy) is 1. The molecule has 0 saturated carbocycles. The predicted molar refractivity (Wildman–Crippen MR) is 88.7 cm³/mol. The Bertz CT molecular complexity index is 505. The molecule has 2 N–H and O–H groups in total. The van der Waals surface area contributed by atoms with Gasteiger partial charge < -0.3 is 10.5 Å². The second kappa shape index (κ2) is 8.01. The zero-order chi connectivity index (χ0) is 15.2. The molecule has 0 aromatic heterocycles. The minimum Gasteiger partial charge on any atom is -0.461 e. The molecule has 21 heavy (non-hydrogen) atoms. The van der Waals surface area contributed by atoms with Crippen LogP contribution in [-0.2, 0) is 11.3 Å². The quantitative estimate of drug-likeness (QED) is 0.487. The molecule has 0 unspecified atom stereocenters. The number of carbonyl (C=O) groups excluding carboxylic acids is 1. The fraction of sp³-hybridized carbons (Fsp3) is 0.533. The summed E-state index contributed by atoms with van der Waals surface area (Å²) in [6.07, 6.45) is 3.73. The van der Waals surface area contributed by atoms with Gasteiger partial charge in [0.2, 0.25) is 0 Å². The van der Waals surface area contributed by atoms with Crippen molar-refractivity contribution in [1.82, 2.24) is 4.90 Å². The van der Waals surface area contributed by atoms with Crippen molar-refractivity contribution in [2.75, 3.05) is 31.3 Å². The van der Waals surface area contributed by atoms with Crippen molar-refractivity contribution in [3.8, 4) is 0 Å². The van der Waals surface area contributed by atoms with Crippen molar-refractivity contribution in [2.24, 2.45) is 0 Å². The van der Waals surface area contributed by atoms with Crippen LogP contribution in [-0.4, -0.2) is 36.4 Å². The Morgan fingerprint density at radius 1 is 1.33 bits per heavy atom. The molecule has 1 heterocycles. The van der Waals surface area contributed by atoms with Gasteiger partial charge in [0.15, 0.2) is 0 Å². The Hall–Kier alpha value is -0.780. The van der Waals surface area contributed by atoms with Crippen LogP contribution in [0.2, 0.25) is 0 Å². The van der Waals surface area contributed by atoms with Gasteiger partial charge in [-0.1, -0.05) is 6.42 Å². The molecule has 1 aromatic rings. The van der Waals surface area contributed by atoms with E-state index in [1.807, 2.05) is 6.07 Å². The summed E-state index contributed by atoms with van der Waals surface area (Å²) in [4.78, 5) is 14.3. The van der Waals surface area contributed by atoms with Crippen LogP contribution in [0.25, 0.3) is 0 Å². The average molecular weight is 376 g/mol. The number of benzene rings is 1. The summed E-state index contributed by atoms with van der Waals surface area (Å²) in [6.45, 7) is 3.14. The largest absolute Gasteiger partial charge is 0.461 e. The molecule has 6 heteroatoms. The molecule has 1 saturated heterocycles. The molecule has 0 spiro atoms. The van der Waals surface area contributed by atoms with Crippen LogP contribution < -0.4 is 5.73 Å². The van der Waals surface area contributed by atoms with E-state index in [1.165, 1.54) is 19.3 Å². The summed E-state index contributed by atoms with van der Waals surface area (Å²) in [6, 6.07) is 3.52. The van der Waals surface area contributed by atoms with E-state index < -0.39 is 0 Å². The van der Waals surface area contributed by atoms with E-state index in [-0.39, 0.29) is 12.6 Å². The van der Waals surface area contributed by atoms with Gasteiger partial charge in [-0.15, -0.1) is 11.6 Å². The Labute approximate surface area is 138 Å². The van der Waals surface area contributed by atoms with Gasteiger partial charge in [-0.2, -0.15) is 0 Å². The molecule has 1 aliphatic heterocycles. The van der Waals surface area contributed by atoms with Crippen molar-refractivity contribution < 1.29 is 9.53 Å². The summed E-state index contributed by atoms with van der Waals surface area (Å²) < 4.78 is 5.80. The van der Waals surface area contributed by atoms with Gasteiger partial charge in [-0.3, -0.25) is 4.90 Å². The van der Waals surface area contributed by atoms with Crippen LogP contribution in [0.4, 0.5) is 5.69 Å². The van der Waals surface area contributed by atoms with Gasteiger partial charge in [0, 0.05) is 11.0 Å². The topological polar surface area (TPSA) is 55.6 Å². The monoisotopic (exact) mass is 374 g/mol. The van der Waals surface area contributed by atoms with Crippen LogP contribution in [0.1, 0.15) is 35.2 Å². The molecule has 0 amide bonds. The van der Waals surface area contributed by atoms with Crippen LogP contribution in [0.5, 0.6) is 0 Å². The number of carbonyl (C=O) groups is 1.